The first-order valence-corrected chi connectivity index (χ1v) is 7.61. The van der Waals surface area contributed by atoms with Gasteiger partial charge < -0.3 is 14.7 Å². The van der Waals surface area contributed by atoms with Crippen LogP contribution in [0.4, 0.5) is 5.69 Å². The van der Waals surface area contributed by atoms with Gasteiger partial charge in [0.25, 0.3) is 0 Å². The van der Waals surface area contributed by atoms with Crippen molar-refractivity contribution < 1.29 is 14.6 Å². The van der Waals surface area contributed by atoms with Crippen LogP contribution in [0.1, 0.15) is 29.1 Å². The summed E-state index contributed by atoms with van der Waals surface area (Å²) in [6, 6.07) is 9.30. The van der Waals surface area contributed by atoms with Crippen molar-refractivity contribution in [2.24, 2.45) is 0 Å². The summed E-state index contributed by atoms with van der Waals surface area (Å²) in [5.74, 6) is -0.267. The number of hydrogen-bond donors (Lipinski definition) is 1. The molecule has 5 heteroatoms. The molecule has 112 valence electrons. The van der Waals surface area contributed by atoms with Crippen LogP contribution in [-0.4, -0.2) is 24.2 Å². The molecule has 0 aliphatic rings. The molecule has 0 saturated carbocycles. The molecular weight excluding hydrogens is 286 g/mol. The van der Waals surface area contributed by atoms with Crippen molar-refractivity contribution in [3.63, 3.8) is 0 Å². The normalized spacial score (nSPS) is 10.7. The van der Waals surface area contributed by atoms with E-state index in [4.69, 9.17) is 4.74 Å². The lowest BCUT2D eigenvalue weighted by Gasteiger charge is -2.30. The van der Waals surface area contributed by atoms with E-state index in [2.05, 4.69) is 24.8 Å². The molecule has 0 bridgehead atoms. The van der Waals surface area contributed by atoms with Gasteiger partial charge in [0.15, 0.2) is 0 Å². The van der Waals surface area contributed by atoms with Gasteiger partial charge >= 0.3 is 5.97 Å². The van der Waals surface area contributed by atoms with Crippen molar-refractivity contribution in [2.45, 2.75) is 26.4 Å². The Balaban J connectivity index is 2.45. The second kappa shape index (κ2) is 6.63. The first-order valence-electron chi connectivity index (χ1n) is 6.73. The monoisotopic (exact) mass is 305 g/mol. The average Bonchev–Trinajstić information content (AvgIpc) is 2.96. The van der Waals surface area contributed by atoms with E-state index in [0.29, 0.717) is 23.5 Å². The Morgan fingerprint density at radius 1 is 1.38 bits per heavy atom. The lowest BCUT2D eigenvalue weighted by molar-refractivity contribution is 0.0697. The summed E-state index contributed by atoms with van der Waals surface area (Å²) in [5.41, 5.74) is 0.978. The van der Waals surface area contributed by atoms with Crippen LogP contribution in [0.3, 0.4) is 0 Å². The van der Waals surface area contributed by atoms with Crippen molar-refractivity contribution >= 4 is 23.0 Å². The predicted octanol–water partition coefficient (Wildman–Crippen LogP) is 3.87. The highest BCUT2D eigenvalue weighted by Gasteiger charge is 2.20. The van der Waals surface area contributed by atoms with Gasteiger partial charge in [-0.25, -0.2) is 4.79 Å². The Bertz CT molecular complexity index is 608. The molecule has 0 spiro atoms. The fourth-order valence-electron chi connectivity index (χ4n) is 2.17. The molecular formula is C16H19NO3S. The Kier molecular flexibility index (Phi) is 4.85. The molecule has 0 amide bonds. The number of aromatic carboxylic acids is 1. The number of carboxylic acids is 1. The van der Waals surface area contributed by atoms with Gasteiger partial charge in [0.1, 0.15) is 5.75 Å². The van der Waals surface area contributed by atoms with E-state index in [1.807, 2.05) is 11.4 Å². The van der Waals surface area contributed by atoms with Gasteiger partial charge in [-0.05, 0) is 37.4 Å². The quantitative estimate of drug-likeness (QED) is 0.880. The number of ether oxygens (including phenoxy) is 1. The van der Waals surface area contributed by atoms with E-state index in [1.54, 1.807) is 36.6 Å². The van der Waals surface area contributed by atoms with E-state index < -0.39 is 5.97 Å². The van der Waals surface area contributed by atoms with Crippen molar-refractivity contribution in [3.8, 4) is 5.75 Å². The van der Waals surface area contributed by atoms with Crippen LogP contribution < -0.4 is 9.64 Å². The van der Waals surface area contributed by atoms with Crippen LogP contribution in [0.2, 0.25) is 0 Å². The number of benzene rings is 1. The smallest absolute Gasteiger partial charge is 0.337 e. The summed E-state index contributed by atoms with van der Waals surface area (Å²) in [7, 11) is 1.58. The van der Waals surface area contributed by atoms with Crippen LogP contribution in [0.25, 0.3) is 0 Å². The molecule has 0 aliphatic heterocycles. The van der Waals surface area contributed by atoms with Gasteiger partial charge in [0.05, 0.1) is 24.9 Å². The van der Waals surface area contributed by atoms with Crippen LogP contribution in [0, 0.1) is 0 Å². The maximum atomic E-state index is 11.5. The van der Waals surface area contributed by atoms with Crippen LogP contribution in [-0.2, 0) is 6.54 Å². The molecule has 21 heavy (non-hydrogen) atoms. The fraction of sp³-hybridized carbons (Fsp3) is 0.312. The molecule has 0 saturated heterocycles. The standard InChI is InChI=1S/C16H19NO3S/c1-11(2)17(10-13-5-4-8-21-13)15-9-12(20-3)6-7-14(15)16(18)19/h4-9,11H,10H2,1-3H3,(H,18,19). The summed E-state index contributed by atoms with van der Waals surface area (Å²) >= 11 is 1.67. The zero-order chi connectivity index (χ0) is 15.4. The maximum absolute atomic E-state index is 11.5. The number of rotatable bonds is 6. The van der Waals surface area contributed by atoms with Gasteiger partial charge in [-0.3, -0.25) is 0 Å². The SMILES string of the molecule is COc1ccc(C(=O)O)c(N(Cc2cccs2)C(C)C)c1. The zero-order valence-corrected chi connectivity index (χ0v) is 13.2. The Morgan fingerprint density at radius 3 is 2.67 bits per heavy atom. The van der Waals surface area contributed by atoms with E-state index >= 15 is 0 Å². The molecule has 1 heterocycles. The molecule has 4 nitrogen and oxygen atoms in total. The first-order chi connectivity index (χ1) is 10.0. The van der Waals surface area contributed by atoms with Gasteiger partial charge in [0.2, 0.25) is 0 Å². The van der Waals surface area contributed by atoms with Crippen molar-refractivity contribution in [2.75, 3.05) is 12.0 Å². The van der Waals surface area contributed by atoms with Crippen molar-refractivity contribution in [1.29, 1.82) is 0 Å². The average molecular weight is 305 g/mol. The fourth-order valence-corrected chi connectivity index (χ4v) is 2.88. The van der Waals surface area contributed by atoms with E-state index in [0.717, 1.165) is 0 Å². The number of nitrogens with zero attached hydrogens (tertiary/aromatic N) is 1. The highest BCUT2D eigenvalue weighted by atomic mass is 32.1. The maximum Gasteiger partial charge on any atom is 0.337 e. The van der Waals surface area contributed by atoms with Crippen LogP contribution >= 0.6 is 11.3 Å². The molecule has 0 atom stereocenters. The number of anilines is 1. The molecule has 0 radical (unpaired) electrons. The predicted molar refractivity (Wildman–Crippen MR) is 85.6 cm³/mol. The molecule has 0 unspecified atom stereocenters. The van der Waals surface area contributed by atoms with E-state index in [9.17, 15) is 9.90 Å². The molecule has 1 N–H and O–H groups in total. The minimum atomic E-state index is -0.926. The molecule has 2 rings (SSSR count). The Labute approximate surface area is 128 Å². The number of thiophene rings is 1. The topological polar surface area (TPSA) is 49.8 Å². The van der Waals surface area contributed by atoms with E-state index in [-0.39, 0.29) is 6.04 Å². The second-order valence-electron chi connectivity index (χ2n) is 4.99. The van der Waals surface area contributed by atoms with Crippen LogP contribution in [0.5, 0.6) is 5.75 Å². The lowest BCUT2D eigenvalue weighted by Crippen LogP contribution is -2.31. The molecule has 0 aliphatic carbocycles. The zero-order valence-electron chi connectivity index (χ0n) is 12.4. The van der Waals surface area contributed by atoms with E-state index in [1.165, 1.54) is 4.88 Å². The molecule has 1 aromatic carbocycles. The van der Waals surface area contributed by atoms with Crippen molar-refractivity contribution in [1.82, 2.24) is 0 Å². The van der Waals surface area contributed by atoms with Crippen LogP contribution in [0.15, 0.2) is 35.7 Å². The Morgan fingerprint density at radius 2 is 2.14 bits per heavy atom. The van der Waals surface area contributed by atoms with Gasteiger partial charge in [-0.15, -0.1) is 11.3 Å². The van der Waals surface area contributed by atoms with Crippen molar-refractivity contribution in [3.05, 3.63) is 46.2 Å². The van der Waals surface area contributed by atoms with Gasteiger partial charge in [0, 0.05) is 17.0 Å². The third-order valence-electron chi connectivity index (χ3n) is 3.27. The number of carboxylic acid groups (broad SMARTS) is 1. The molecule has 1 aromatic heterocycles. The first kappa shape index (κ1) is 15.4. The largest absolute Gasteiger partial charge is 0.497 e. The highest BCUT2D eigenvalue weighted by molar-refractivity contribution is 7.09. The number of carbonyl (C=O) groups is 1. The third-order valence-corrected chi connectivity index (χ3v) is 4.14. The second-order valence-corrected chi connectivity index (χ2v) is 6.02. The number of hydrogen-bond acceptors (Lipinski definition) is 4. The van der Waals surface area contributed by atoms with Gasteiger partial charge in [-0.1, -0.05) is 6.07 Å². The summed E-state index contributed by atoms with van der Waals surface area (Å²) in [6.07, 6.45) is 0. The summed E-state index contributed by atoms with van der Waals surface area (Å²) in [6.45, 7) is 4.79. The lowest BCUT2D eigenvalue weighted by atomic mass is 10.1. The minimum Gasteiger partial charge on any atom is -0.497 e. The summed E-state index contributed by atoms with van der Waals surface area (Å²) in [4.78, 5) is 14.8. The minimum absolute atomic E-state index is 0.178. The highest BCUT2D eigenvalue weighted by Crippen LogP contribution is 2.30. The summed E-state index contributed by atoms with van der Waals surface area (Å²) in [5, 5.41) is 11.4. The molecule has 2 aromatic rings. The Hall–Kier alpha value is -2.01. The third kappa shape index (κ3) is 3.55. The summed E-state index contributed by atoms with van der Waals surface area (Å²) < 4.78 is 5.24. The van der Waals surface area contributed by atoms with Gasteiger partial charge in [-0.2, -0.15) is 0 Å². The molecule has 0 fully saturated rings. The number of methoxy groups -OCH3 is 1.